The van der Waals surface area contributed by atoms with Gasteiger partial charge in [0.1, 0.15) is 0 Å². The van der Waals surface area contributed by atoms with Gasteiger partial charge in [-0.1, -0.05) is 6.07 Å². The summed E-state index contributed by atoms with van der Waals surface area (Å²) < 4.78 is 20.8. The molecule has 5 heteroatoms. The standard InChI is InChI=1S/C13H14ClFN2O/c1-17-11(4-6-16-17)5-7-18-13-3-2-10(9-14)8-12(13)15/h2-4,6,8H,5,7,9H2,1H3. The molecule has 0 unspecified atom stereocenters. The molecule has 0 bridgehead atoms. The quantitative estimate of drug-likeness (QED) is 0.780. The second-order valence-electron chi connectivity index (χ2n) is 3.94. The largest absolute Gasteiger partial charge is 0.490 e. The molecule has 0 spiro atoms. The Morgan fingerprint density at radius 2 is 2.22 bits per heavy atom. The second kappa shape index (κ2) is 5.87. The van der Waals surface area contributed by atoms with E-state index < -0.39 is 0 Å². The van der Waals surface area contributed by atoms with Crippen LogP contribution >= 0.6 is 11.6 Å². The van der Waals surface area contributed by atoms with Crippen LogP contribution < -0.4 is 4.74 Å². The van der Waals surface area contributed by atoms with E-state index in [-0.39, 0.29) is 11.6 Å². The Balaban J connectivity index is 1.92. The number of benzene rings is 1. The molecule has 0 aliphatic rings. The number of aromatic nitrogens is 2. The highest BCUT2D eigenvalue weighted by molar-refractivity contribution is 6.17. The third kappa shape index (κ3) is 3.01. The summed E-state index contributed by atoms with van der Waals surface area (Å²) >= 11 is 5.62. The van der Waals surface area contributed by atoms with Crippen molar-refractivity contribution < 1.29 is 9.13 Å². The number of ether oxygens (including phenoxy) is 1. The first kappa shape index (κ1) is 12.9. The summed E-state index contributed by atoms with van der Waals surface area (Å²) in [6.45, 7) is 0.413. The van der Waals surface area contributed by atoms with Crippen LogP contribution in [0.4, 0.5) is 4.39 Å². The lowest BCUT2D eigenvalue weighted by atomic mass is 10.2. The van der Waals surface area contributed by atoms with Crippen LogP contribution in [0.3, 0.4) is 0 Å². The minimum absolute atomic E-state index is 0.256. The smallest absolute Gasteiger partial charge is 0.165 e. The van der Waals surface area contributed by atoms with Gasteiger partial charge in [0.2, 0.25) is 0 Å². The van der Waals surface area contributed by atoms with E-state index in [4.69, 9.17) is 16.3 Å². The molecule has 2 rings (SSSR count). The van der Waals surface area contributed by atoms with Crippen molar-refractivity contribution in [3.8, 4) is 5.75 Å². The molecule has 0 saturated heterocycles. The summed E-state index contributed by atoms with van der Waals surface area (Å²) in [5, 5.41) is 4.05. The predicted molar refractivity (Wildman–Crippen MR) is 68.4 cm³/mol. The SMILES string of the molecule is Cn1nccc1CCOc1ccc(CCl)cc1F. The third-order valence-corrected chi connectivity index (χ3v) is 3.00. The maximum Gasteiger partial charge on any atom is 0.165 e. The minimum atomic E-state index is -0.377. The normalized spacial score (nSPS) is 10.6. The van der Waals surface area contributed by atoms with Gasteiger partial charge in [0.25, 0.3) is 0 Å². The van der Waals surface area contributed by atoms with Gasteiger partial charge in [-0.15, -0.1) is 11.6 Å². The van der Waals surface area contributed by atoms with E-state index >= 15 is 0 Å². The molecular formula is C13H14ClFN2O. The van der Waals surface area contributed by atoms with E-state index in [0.717, 1.165) is 11.3 Å². The van der Waals surface area contributed by atoms with Crippen LogP contribution in [0.2, 0.25) is 0 Å². The third-order valence-electron chi connectivity index (χ3n) is 2.69. The first-order valence-electron chi connectivity index (χ1n) is 5.65. The van der Waals surface area contributed by atoms with Gasteiger partial charge < -0.3 is 4.74 Å². The average molecular weight is 269 g/mol. The lowest BCUT2D eigenvalue weighted by Crippen LogP contribution is -2.06. The van der Waals surface area contributed by atoms with Crippen molar-refractivity contribution in [3.63, 3.8) is 0 Å². The van der Waals surface area contributed by atoms with Crippen molar-refractivity contribution >= 4 is 11.6 Å². The van der Waals surface area contributed by atoms with Crippen LogP contribution in [0.1, 0.15) is 11.3 Å². The van der Waals surface area contributed by atoms with Gasteiger partial charge in [-0.05, 0) is 23.8 Å². The summed E-state index contributed by atoms with van der Waals surface area (Å²) in [5.74, 6) is 0.177. The van der Waals surface area contributed by atoms with Crippen LogP contribution in [0, 0.1) is 5.82 Å². The van der Waals surface area contributed by atoms with Crippen molar-refractivity contribution in [2.24, 2.45) is 7.05 Å². The van der Waals surface area contributed by atoms with Crippen molar-refractivity contribution in [1.29, 1.82) is 0 Å². The van der Waals surface area contributed by atoms with Crippen LogP contribution in [0.15, 0.2) is 30.5 Å². The first-order valence-corrected chi connectivity index (χ1v) is 6.18. The summed E-state index contributed by atoms with van der Waals surface area (Å²) in [6, 6.07) is 6.68. The molecule has 96 valence electrons. The summed E-state index contributed by atoms with van der Waals surface area (Å²) in [6.07, 6.45) is 2.42. The summed E-state index contributed by atoms with van der Waals surface area (Å²) in [5.41, 5.74) is 1.79. The topological polar surface area (TPSA) is 27.1 Å². The Hall–Kier alpha value is -1.55. The lowest BCUT2D eigenvalue weighted by Gasteiger charge is -2.08. The Morgan fingerprint density at radius 1 is 1.39 bits per heavy atom. The highest BCUT2D eigenvalue weighted by atomic mass is 35.5. The highest BCUT2D eigenvalue weighted by Gasteiger charge is 2.05. The van der Waals surface area contributed by atoms with E-state index in [1.807, 2.05) is 13.1 Å². The molecule has 0 aliphatic heterocycles. The lowest BCUT2D eigenvalue weighted by molar-refractivity contribution is 0.302. The Morgan fingerprint density at radius 3 is 2.83 bits per heavy atom. The van der Waals surface area contributed by atoms with Gasteiger partial charge in [-0.25, -0.2) is 4.39 Å². The molecule has 0 atom stereocenters. The molecule has 0 saturated carbocycles. The zero-order chi connectivity index (χ0) is 13.0. The van der Waals surface area contributed by atoms with E-state index in [2.05, 4.69) is 5.10 Å². The Bertz CT molecular complexity index is 527. The fourth-order valence-electron chi connectivity index (χ4n) is 1.66. The van der Waals surface area contributed by atoms with Crippen LogP contribution in [0.25, 0.3) is 0 Å². The van der Waals surface area contributed by atoms with Crippen molar-refractivity contribution in [1.82, 2.24) is 9.78 Å². The molecule has 1 aromatic carbocycles. The van der Waals surface area contributed by atoms with Gasteiger partial charge in [0, 0.05) is 31.2 Å². The number of hydrogen-bond donors (Lipinski definition) is 0. The second-order valence-corrected chi connectivity index (χ2v) is 4.21. The fourth-order valence-corrected chi connectivity index (χ4v) is 1.82. The molecule has 0 N–H and O–H groups in total. The van der Waals surface area contributed by atoms with Gasteiger partial charge in [0.15, 0.2) is 11.6 Å². The molecule has 2 aromatic rings. The number of nitrogens with zero attached hydrogens (tertiary/aromatic N) is 2. The van der Waals surface area contributed by atoms with Gasteiger partial charge in [-0.2, -0.15) is 5.10 Å². The fraction of sp³-hybridized carbons (Fsp3) is 0.308. The van der Waals surface area contributed by atoms with E-state index in [1.165, 1.54) is 6.07 Å². The summed E-state index contributed by atoms with van der Waals surface area (Å²) in [7, 11) is 1.87. The first-order chi connectivity index (χ1) is 8.70. The van der Waals surface area contributed by atoms with Crippen molar-refractivity contribution in [2.45, 2.75) is 12.3 Å². The molecule has 1 heterocycles. The average Bonchev–Trinajstić information content (AvgIpc) is 2.77. The number of alkyl halides is 1. The van der Waals surface area contributed by atoms with Gasteiger partial charge in [-0.3, -0.25) is 4.68 Å². The number of halogens is 2. The highest BCUT2D eigenvalue weighted by Crippen LogP contribution is 2.19. The Kier molecular flexibility index (Phi) is 4.20. The maximum atomic E-state index is 13.6. The molecular weight excluding hydrogens is 255 g/mol. The molecule has 3 nitrogen and oxygen atoms in total. The number of aryl methyl sites for hydroxylation is 1. The van der Waals surface area contributed by atoms with E-state index in [0.29, 0.717) is 18.9 Å². The molecule has 0 aliphatic carbocycles. The zero-order valence-electron chi connectivity index (χ0n) is 10.1. The maximum absolute atomic E-state index is 13.6. The van der Waals surface area contributed by atoms with E-state index in [9.17, 15) is 4.39 Å². The van der Waals surface area contributed by atoms with Crippen LogP contribution in [-0.2, 0) is 19.3 Å². The van der Waals surface area contributed by atoms with Crippen molar-refractivity contribution in [2.75, 3.05) is 6.61 Å². The molecule has 18 heavy (non-hydrogen) atoms. The number of hydrogen-bond acceptors (Lipinski definition) is 2. The predicted octanol–water partition coefficient (Wildman–Crippen LogP) is 2.92. The Labute approximate surface area is 110 Å². The van der Waals surface area contributed by atoms with Crippen molar-refractivity contribution in [3.05, 3.63) is 47.5 Å². The summed E-state index contributed by atoms with van der Waals surface area (Å²) in [4.78, 5) is 0. The molecule has 0 radical (unpaired) electrons. The molecule has 0 amide bonds. The van der Waals surface area contributed by atoms with E-state index in [1.54, 1.807) is 23.0 Å². The van der Waals surface area contributed by atoms with Gasteiger partial charge in [0.05, 0.1) is 6.61 Å². The zero-order valence-corrected chi connectivity index (χ0v) is 10.8. The van der Waals surface area contributed by atoms with Crippen LogP contribution in [0.5, 0.6) is 5.75 Å². The number of rotatable bonds is 5. The molecule has 0 fully saturated rings. The van der Waals surface area contributed by atoms with Crippen LogP contribution in [-0.4, -0.2) is 16.4 Å². The minimum Gasteiger partial charge on any atom is -0.490 e. The monoisotopic (exact) mass is 268 g/mol. The molecule has 1 aromatic heterocycles. The van der Waals surface area contributed by atoms with Gasteiger partial charge >= 0.3 is 0 Å².